The van der Waals surface area contributed by atoms with E-state index in [0.717, 1.165) is 50.5 Å². The van der Waals surface area contributed by atoms with E-state index in [0.29, 0.717) is 0 Å². The Balaban J connectivity index is 1.44. The van der Waals surface area contributed by atoms with Gasteiger partial charge in [-0.3, -0.25) is 14.9 Å². The van der Waals surface area contributed by atoms with Crippen LogP contribution in [-0.2, 0) is 33.6 Å². The highest BCUT2D eigenvalue weighted by molar-refractivity contribution is 5.97. The Bertz CT molecular complexity index is 695. The van der Waals surface area contributed by atoms with Crippen LogP contribution < -0.4 is 10.6 Å². The van der Waals surface area contributed by atoms with E-state index >= 15 is 0 Å². The number of urea groups is 1. The van der Waals surface area contributed by atoms with E-state index in [2.05, 4.69) is 16.7 Å². The van der Waals surface area contributed by atoms with Gasteiger partial charge in [0, 0.05) is 6.04 Å². The fourth-order valence-electron chi connectivity index (χ4n) is 3.70. The molecule has 0 heterocycles. The predicted octanol–water partition coefficient (Wildman–Crippen LogP) is 2.42. The van der Waals surface area contributed by atoms with Gasteiger partial charge in [-0.1, -0.05) is 31.0 Å². The lowest BCUT2D eigenvalue weighted by Gasteiger charge is -2.15. The van der Waals surface area contributed by atoms with Crippen molar-refractivity contribution in [3.8, 4) is 0 Å². The van der Waals surface area contributed by atoms with Crippen molar-refractivity contribution in [2.45, 2.75) is 70.4 Å². The summed E-state index contributed by atoms with van der Waals surface area (Å²) in [5.74, 6) is -1.08. The smallest absolute Gasteiger partial charge is 0.321 e. The lowest BCUT2D eigenvalue weighted by atomic mass is 10.0. The van der Waals surface area contributed by atoms with Gasteiger partial charge in [0.2, 0.25) is 0 Å². The maximum atomic E-state index is 12.1. The number of carbonyl (C=O) groups excluding carboxylic acids is 3. The molecule has 0 spiro atoms. The monoisotopic (exact) mass is 358 g/mol. The minimum absolute atomic E-state index is 0.124. The zero-order valence-electron chi connectivity index (χ0n) is 15.2. The topological polar surface area (TPSA) is 84.5 Å². The highest BCUT2D eigenvalue weighted by Crippen LogP contribution is 2.23. The number of nitrogens with one attached hydrogen (secondary N) is 2. The summed E-state index contributed by atoms with van der Waals surface area (Å²) in [6.07, 6.45) is 6.48. The maximum Gasteiger partial charge on any atom is 0.321 e. The van der Waals surface area contributed by atoms with Gasteiger partial charge < -0.3 is 10.1 Å². The first kappa shape index (κ1) is 18.4. The quantitative estimate of drug-likeness (QED) is 0.792. The number of benzene rings is 1. The van der Waals surface area contributed by atoms with Crippen molar-refractivity contribution >= 4 is 17.9 Å². The molecule has 2 N–H and O–H groups in total. The first-order valence-corrected chi connectivity index (χ1v) is 9.43. The summed E-state index contributed by atoms with van der Waals surface area (Å²) in [4.78, 5) is 35.9. The Morgan fingerprint density at radius 1 is 1.12 bits per heavy atom. The third-order valence-electron chi connectivity index (χ3n) is 5.12. The van der Waals surface area contributed by atoms with Crippen molar-refractivity contribution in [3.05, 3.63) is 34.9 Å². The number of aryl methyl sites for hydroxylation is 2. The van der Waals surface area contributed by atoms with Crippen molar-refractivity contribution < 1.29 is 19.1 Å². The Morgan fingerprint density at radius 2 is 1.85 bits per heavy atom. The molecule has 0 radical (unpaired) electrons. The summed E-state index contributed by atoms with van der Waals surface area (Å²) in [7, 11) is 0. The van der Waals surface area contributed by atoms with Crippen LogP contribution in [0.1, 0.15) is 55.7 Å². The molecule has 3 amide bonds. The molecule has 0 bridgehead atoms. The lowest BCUT2D eigenvalue weighted by Crippen LogP contribution is -2.47. The largest absolute Gasteiger partial charge is 0.452 e. The van der Waals surface area contributed by atoms with Crippen molar-refractivity contribution in [3.63, 3.8) is 0 Å². The standard InChI is InChI=1S/C20H26N2O4/c1-13(19(24)22-20(25)21-17-7-2-3-8-17)26-18(23)12-14-9-10-15-5-4-6-16(15)11-14/h9-11,13,17H,2-8,12H2,1H3,(H2,21,22,24,25)/t13-/m1/s1. The molecular weight excluding hydrogens is 332 g/mol. The molecule has 1 fully saturated rings. The van der Waals surface area contributed by atoms with Crippen LogP contribution in [0.15, 0.2) is 18.2 Å². The fourth-order valence-corrected chi connectivity index (χ4v) is 3.70. The SMILES string of the molecule is C[C@@H](OC(=O)Cc1ccc2c(c1)CCC2)C(=O)NC(=O)NC1CCCC1. The molecule has 3 rings (SSSR count). The number of imide groups is 1. The number of carbonyl (C=O) groups is 3. The molecule has 0 aromatic heterocycles. The number of hydrogen-bond acceptors (Lipinski definition) is 4. The van der Waals surface area contributed by atoms with Gasteiger partial charge >= 0.3 is 12.0 Å². The van der Waals surface area contributed by atoms with Crippen LogP contribution >= 0.6 is 0 Å². The van der Waals surface area contributed by atoms with Gasteiger partial charge in [-0.25, -0.2) is 4.79 Å². The summed E-state index contributed by atoms with van der Waals surface area (Å²) in [5.41, 5.74) is 3.54. The molecular formula is C20H26N2O4. The molecule has 6 heteroatoms. The number of hydrogen-bond donors (Lipinski definition) is 2. The normalized spacial score (nSPS) is 17.4. The molecule has 0 saturated heterocycles. The van der Waals surface area contributed by atoms with Gasteiger partial charge in [0.25, 0.3) is 5.91 Å². The second-order valence-electron chi connectivity index (χ2n) is 7.21. The highest BCUT2D eigenvalue weighted by atomic mass is 16.5. The average molecular weight is 358 g/mol. The van der Waals surface area contributed by atoms with E-state index < -0.39 is 24.0 Å². The maximum absolute atomic E-state index is 12.1. The molecule has 1 saturated carbocycles. The first-order chi connectivity index (χ1) is 12.5. The van der Waals surface area contributed by atoms with Crippen molar-refractivity contribution in [2.24, 2.45) is 0 Å². The second kappa shape index (κ2) is 8.34. The second-order valence-corrected chi connectivity index (χ2v) is 7.21. The Morgan fingerprint density at radius 3 is 2.62 bits per heavy atom. The van der Waals surface area contributed by atoms with E-state index in [1.54, 1.807) is 0 Å². The first-order valence-electron chi connectivity index (χ1n) is 9.43. The number of esters is 1. The zero-order valence-corrected chi connectivity index (χ0v) is 15.2. The molecule has 0 aliphatic heterocycles. The van der Waals surface area contributed by atoms with Crippen molar-refractivity contribution in [1.29, 1.82) is 0 Å². The molecule has 2 aliphatic rings. The van der Waals surface area contributed by atoms with Crippen molar-refractivity contribution in [2.75, 3.05) is 0 Å². The molecule has 26 heavy (non-hydrogen) atoms. The van der Waals surface area contributed by atoms with Crippen LogP contribution in [0.25, 0.3) is 0 Å². The molecule has 1 aromatic rings. The number of fused-ring (bicyclic) bond motifs is 1. The third-order valence-corrected chi connectivity index (χ3v) is 5.12. The van der Waals surface area contributed by atoms with Crippen LogP contribution in [0.3, 0.4) is 0 Å². The minimum Gasteiger partial charge on any atom is -0.452 e. The Kier molecular flexibility index (Phi) is 5.91. The summed E-state index contributed by atoms with van der Waals surface area (Å²) < 4.78 is 5.18. The van der Waals surface area contributed by atoms with Crippen LogP contribution in [-0.4, -0.2) is 30.1 Å². The summed E-state index contributed by atoms with van der Waals surface area (Å²) in [6.45, 7) is 1.47. The van der Waals surface area contributed by atoms with E-state index in [1.165, 1.54) is 18.1 Å². The van der Waals surface area contributed by atoms with E-state index in [1.807, 2.05) is 12.1 Å². The highest BCUT2D eigenvalue weighted by Gasteiger charge is 2.23. The lowest BCUT2D eigenvalue weighted by molar-refractivity contribution is -0.153. The van der Waals surface area contributed by atoms with Gasteiger partial charge in [0.1, 0.15) is 0 Å². The fraction of sp³-hybridized carbons (Fsp3) is 0.550. The zero-order chi connectivity index (χ0) is 18.5. The number of ether oxygens (including phenoxy) is 1. The average Bonchev–Trinajstić information content (AvgIpc) is 3.25. The summed E-state index contributed by atoms with van der Waals surface area (Å²) >= 11 is 0. The van der Waals surface area contributed by atoms with Crippen molar-refractivity contribution in [1.82, 2.24) is 10.6 Å². The van der Waals surface area contributed by atoms with Crippen LogP contribution in [0.5, 0.6) is 0 Å². The third kappa shape index (κ3) is 4.84. The van der Waals surface area contributed by atoms with Gasteiger partial charge in [-0.05, 0) is 55.7 Å². The molecule has 6 nitrogen and oxygen atoms in total. The molecule has 0 unspecified atom stereocenters. The van der Waals surface area contributed by atoms with Crippen LogP contribution in [0.4, 0.5) is 4.79 Å². The summed E-state index contributed by atoms with van der Waals surface area (Å²) in [5, 5.41) is 5.01. The molecule has 1 aromatic carbocycles. The number of rotatable bonds is 5. The van der Waals surface area contributed by atoms with E-state index in [9.17, 15) is 14.4 Å². The van der Waals surface area contributed by atoms with Gasteiger partial charge in [-0.15, -0.1) is 0 Å². The number of amides is 3. The van der Waals surface area contributed by atoms with E-state index in [4.69, 9.17) is 4.74 Å². The van der Waals surface area contributed by atoms with Crippen LogP contribution in [0, 0.1) is 0 Å². The molecule has 140 valence electrons. The minimum atomic E-state index is -1.01. The van der Waals surface area contributed by atoms with Gasteiger partial charge in [0.15, 0.2) is 6.10 Å². The predicted molar refractivity (Wildman–Crippen MR) is 96.7 cm³/mol. The Hall–Kier alpha value is -2.37. The Labute approximate surface area is 153 Å². The summed E-state index contributed by atoms with van der Waals surface area (Å²) in [6, 6.07) is 5.65. The molecule has 1 atom stereocenters. The van der Waals surface area contributed by atoms with Gasteiger partial charge in [0.05, 0.1) is 6.42 Å². The van der Waals surface area contributed by atoms with Gasteiger partial charge in [-0.2, -0.15) is 0 Å². The van der Waals surface area contributed by atoms with E-state index in [-0.39, 0.29) is 12.5 Å². The van der Waals surface area contributed by atoms with Crippen LogP contribution in [0.2, 0.25) is 0 Å². The molecule has 2 aliphatic carbocycles.